The Bertz CT molecular complexity index is 1220. The predicted octanol–water partition coefficient (Wildman–Crippen LogP) is 5.47. The van der Waals surface area contributed by atoms with E-state index in [4.69, 9.17) is 23.2 Å². The maximum Gasteiger partial charge on any atom is 0.263 e. The van der Waals surface area contributed by atoms with Gasteiger partial charge in [-0.05, 0) is 42.5 Å². The van der Waals surface area contributed by atoms with Crippen LogP contribution in [0.3, 0.4) is 0 Å². The highest BCUT2D eigenvalue weighted by Gasteiger charge is 2.19. The molecule has 0 spiro atoms. The lowest BCUT2D eigenvalue weighted by Crippen LogP contribution is -2.13. The number of thiazole rings is 1. The molecule has 0 saturated heterocycles. The molecule has 0 fully saturated rings. The average Bonchev–Trinajstić information content (AvgIpc) is 3.08. The van der Waals surface area contributed by atoms with Crippen molar-refractivity contribution in [1.29, 1.82) is 0 Å². The molecule has 4 rings (SSSR count). The summed E-state index contributed by atoms with van der Waals surface area (Å²) >= 11 is 13.4. The molecule has 9 heteroatoms. The fraction of sp³-hybridized carbons (Fsp3) is 0. The molecule has 0 aliphatic rings. The second kappa shape index (κ2) is 7.09. The molecule has 27 heavy (non-hydrogen) atoms. The average molecular weight is 436 g/mol. The number of sulfonamides is 1. The number of nitrogens with zero attached hydrogens (tertiary/aromatic N) is 2. The van der Waals surface area contributed by atoms with Gasteiger partial charge in [0.15, 0.2) is 0 Å². The van der Waals surface area contributed by atoms with Gasteiger partial charge in [-0.25, -0.2) is 18.4 Å². The van der Waals surface area contributed by atoms with Gasteiger partial charge in [-0.15, -0.1) is 0 Å². The van der Waals surface area contributed by atoms with Crippen molar-refractivity contribution in [1.82, 2.24) is 9.97 Å². The Morgan fingerprint density at radius 3 is 2.67 bits per heavy atom. The summed E-state index contributed by atoms with van der Waals surface area (Å²) in [5, 5.41) is 1.14. The molecule has 5 nitrogen and oxygen atoms in total. The molecule has 0 bridgehead atoms. The number of anilines is 1. The fourth-order valence-corrected chi connectivity index (χ4v) is 5.22. The third-order valence-corrected chi connectivity index (χ3v) is 6.84. The van der Waals surface area contributed by atoms with Crippen LogP contribution in [0.1, 0.15) is 0 Å². The van der Waals surface area contributed by atoms with Crippen LogP contribution in [0, 0.1) is 0 Å². The number of aromatic nitrogens is 2. The first-order chi connectivity index (χ1) is 12.9. The van der Waals surface area contributed by atoms with Gasteiger partial charge in [0.1, 0.15) is 20.3 Å². The minimum atomic E-state index is -3.89. The van der Waals surface area contributed by atoms with Crippen molar-refractivity contribution in [3.63, 3.8) is 0 Å². The van der Waals surface area contributed by atoms with Crippen molar-refractivity contribution < 1.29 is 8.42 Å². The van der Waals surface area contributed by atoms with E-state index in [0.29, 0.717) is 5.69 Å². The van der Waals surface area contributed by atoms with E-state index < -0.39 is 10.0 Å². The summed E-state index contributed by atoms with van der Waals surface area (Å²) in [5.41, 5.74) is 1.99. The van der Waals surface area contributed by atoms with Gasteiger partial charge in [0.05, 0.1) is 5.02 Å². The second-order valence-corrected chi connectivity index (χ2v) is 9.08. The maximum absolute atomic E-state index is 12.7. The Hall–Kier alpha value is -2.19. The first kappa shape index (κ1) is 18.2. The molecule has 2 heterocycles. The number of hydrogen-bond donors (Lipinski definition) is 1. The molecule has 1 N–H and O–H groups in total. The van der Waals surface area contributed by atoms with E-state index in [0.717, 1.165) is 20.9 Å². The van der Waals surface area contributed by atoms with Gasteiger partial charge in [0.25, 0.3) is 10.0 Å². The monoisotopic (exact) mass is 435 g/mol. The zero-order chi connectivity index (χ0) is 19.0. The molecule has 0 atom stereocenters. The lowest BCUT2D eigenvalue weighted by molar-refractivity contribution is 0.601. The lowest BCUT2D eigenvalue weighted by Gasteiger charge is -2.10. The molecule has 0 saturated carbocycles. The van der Waals surface area contributed by atoms with Crippen molar-refractivity contribution in [2.45, 2.75) is 4.90 Å². The first-order valence-electron chi connectivity index (χ1n) is 7.72. The van der Waals surface area contributed by atoms with Gasteiger partial charge in [-0.1, -0.05) is 46.7 Å². The van der Waals surface area contributed by atoms with E-state index in [1.807, 2.05) is 18.2 Å². The topological polar surface area (TPSA) is 72.0 Å². The lowest BCUT2D eigenvalue weighted by atomic mass is 10.2. The van der Waals surface area contributed by atoms with Crippen LogP contribution in [-0.4, -0.2) is 18.4 Å². The smallest absolute Gasteiger partial charge is 0.263 e. The molecule has 136 valence electrons. The summed E-state index contributed by atoms with van der Waals surface area (Å²) in [4.78, 5) is 9.57. The number of rotatable bonds is 4. The van der Waals surface area contributed by atoms with E-state index in [-0.39, 0.29) is 14.9 Å². The first-order valence-corrected chi connectivity index (χ1v) is 10.8. The standard InChI is InChI=1S/C18H11Cl2N3O2S2/c19-12-6-7-14(20)16(10-12)27(24,25)23-13-4-1-3-11(9-13)17-22-15-5-2-8-21-18(15)26-17/h1-10,23H. The molecule has 2 aromatic heterocycles. The van der Waals surface area contributed by atoms with Crippen molar-refractivity contribution >= 4 is 60.6 Å². The van der Waals surface area contributed by atoms with E-state index in [1.165, 1.54) is 29.5 Å². The summed E-state index contributed by atoms with van der Waals surface area (Å²) in [6.45, 7) is 0. The van der Waals surface area contributed by atoms with Gasteiger partial charge in [0, 0.05) is 22.5 Å². The Morgan fingerprint density at radius 1 is 1.00 bits per heavy atom. The Kier molecular flexibility index (Phi) is 4.77. The van der Waals surface area contributed by atoms with Crippen LogP contribution in [-0.2, 0) is 10.0 Å². The maximum atomic E-state index is 12.7. The van der Waals surface area contributed by atoms with Crippen LogP contribution in [0.5, 0.6) is 0 Å². The van der Waals surface area contributed by atoms with Crippen LogP contribution in [0.2, 0.25) is 10.0 Å². The zero-order valence-electron chi connectivity index (χ0n) is 13.6. The number of nitrogens with one attached hydrogen (secondary N) is 1. The van der Waals surface area contributed by atoms with Crippen LogP contribution in [0.4, 0.5) is 5.69 Å². The third kappa shape index (κ3) is 3.77. The summed E-state index contributed by atoms with van der Waals surface area (Å²) in [5.74, 6) is 0. The molecule has 0 radical (unpaired) electrons. The van der Waals surface area contributed by atoms with Crippen LogP contribution in [0.25, 0.3) is 20.9 Å². The van der Waals surface area contributed by atoms with E-state index >= 15 is 0 Å². The largest absolute Gasteiger partial charge is 0.280 e. The van der Waals surface area contributed by atoms with Crippen molar-refractivity contribution in [2.24, 2.45) is 0 Å². The van der Waals surface area contributed by atoms with E-state index in [9.17, 15) is 8.42 Å². The van der Waals surface area contributed by atoms with Crippen molar-refractivity contribution in [3.8, 4) is 10.6 Å². The normalized spacial score (nSPS) is 11.6. The molecule has 0 amide bonds. The highest BCUT2D eigenvalue weighted by Crippen LogP contribution is 2.31. The van der Waals surface area contributed by atoms with Gasteiger partial charge in [-0.2, -0.15) is 0 Å². The SMILES string of the molecule is O=S(=O)(Nc1cccc(-c2nc3cccnc3s2)c1)c1cc(Cl)ccc1Cl. The number of halogens is 2. The summed E-state index contributed by atoms with van der Waals surface area (Å²) < 4.78 is 27.9. The molecular weight excluding hydrogens is 425 g/mol. The number of benzene rings is 2. The Balaban J connectivity index is 1.69. The van der Waals surface area contributed by atoms with Crippen LogP contribution < -0.4 is 4.72 Å². The molecular formula is C18H11Cl2N3O2S2. The van der Waals surface area contributed by atoms with Gasteiger partial charge in [-0.3, -0.25) is 4.72 Å². The summed E-state index contributed by atoms with van der Waals surface area (Å²) in [6, 6.07) is 15.0. The Morgan fingerprint density at radius 2 is 1.85 bits per heavy atom. The quantitative estimate of drug-likeness (QED) is 0.461. The van der Waals surface area contributed by atoms with Gasteiger partial charge in [0.2, 0.25) is 0 Å². The summed E-state index contributed by atoms with van der Waals surface area (Å²) in [6.07, 6.45) is 1.71. The van der Waals surface area contributed by atoms with Crippen LogP contribution in [0.15, 0.2) is 65.7 Å². The second-order valence-electron chi connectivity index (χ2n) is 5.61. The zero-order valence-corrected chi connectivity index (χ0v) is 16.7. The van der Waals surface area contributed by atoms with E-state index in [1.54, 1.807) is 24.4 Å². The molecule has 0 unspecified atom stereocenters. The number of fused-ring (bicyclic) bond motifs is 1. The molecule has 0 aliphatic heterocycles. The predicted molar refractivity (Wildman–Crippen MR) is 110 cm³/mol. The Labute approximate surface area is 169 Å². The third-order valence-electron chi connectivity index (χ3n) is 3.71. The molecule has 0 aliphatic carbocycles. The fourth-order valence-electron chi connectivity index (χ4n) is 2.50. The molecule has 2 aromatic carbocycles. The number of pyridine rings is 1. The minimum Gasteiger partial charge on any atom is -0.280 e. The van der Waals surface area contributed by atoms with Crippen LogP contribution >= 0.6 is 34.5 Å². The summed E-state index contributed by atoms with van der Waals surface area (Å²) in [7, 11) is -3.89. The minimum absolute atomic E-state index is 0.0775. The van der Waals surface area contributed by atoms with Gasteiger partial charge < -0.3 is 0 Å². The van der Waals surface area contributed by atoms with E-state index in [2.05, 4.69) is 14.7 Å². The van der Waals surface area contributed by atoms with Crippen molar-refractivity contribution in [3.05, 3.63) is 70.8 Å². The molecule has 4 aromatic rings. The number of hydrogen-bond acceptors (Lipinski definition) is 5. The highest BCUT2D eigenvalue weighted by atomic mass is 35.5. The van der Waals surface area contributed by atoms with Crippen molar-refractivity contribution in [2.75, 3.05) is 4.72 Å². The van der Waals surface area contributed by atoms with Gasteiger partial charge >= 0.3 is 0 Å². The highest BCUT2D eigenvalue weighted by molar-refractivity contribution is 7.92.